The van der Waals surface area contributed by atoms with Crippen molar-refractivity contribution < 1.29 is 0 Å². The van der Waals surface area contributed by atoms with Gasteiger partial charge in [0.05, 0.1) is 5.69 Å². The fourth-order valence-electron chi connectivity index (χ4n) is 1.20. The van der Waals surface area contributed by atoms with E-state index in [-0.39, 0.29) is 0 Å². The molecule has 0 radical (unpaired) electrons. The SMILES string of the molecule is CCCCN(C)c1ccc(N)c(N)n1. The predicted octanol–water partition coefficient (Wildman–Crippen LogP) is 1.48. The van der Waals surface area contributed by atoms with Gasteiger partial charge < -0.3 is 16.4 Å². The van der Waals surface area contributed by atoms with Gasteiger partial charge in [0.2, 0.25) is 0 Å². The van der Waals surface area contributed by atoms with Crippen molar-refractivity contribution in [3.8, 4) is 0 Å². The molecule has 0 unspecified atom stereocenters. The van der Waals surface area contributed by atoms with Crippen molar-refractivity contribution in [2.75, 3.05) is 30.0 Å². The maximum Gasteiger partial charge on any atom is 0.149 e. The van der Waals surface area contributed by atoms with Crippen LogP contribution in [-0.2, 0) is 0 Å². The summed E-state index contributed by atoms with van der Waals surface area (Å²) in [6.45, 7) is 3.16. The molecule has 4 nitrogen and oxygen atoms in total. The molecule has 0 fully saturated rings. The Morgan fingerprint density at radius 3 is 2.64 bits per heavy atom. The highest BCUT2D eigenvalue weighted by Crippen LogP contribution is 2.17. The van der Waals surface area contributed by atoms with E-state index in [9.17, 15) is 0 Å². The van der Waals surface area contributed by atoms with Crippen molar-refractivity contribution in [2.45, 2.75) is 19.8 Å². The highest BCUT2D eigenvalue weighted by Gasteiger charge is 2.03. The summed E-state index contributed by atoms with van der Waals surface area (Å²) in [6, 6.07) is 3.68. The van der Waals surface area contributed by atoms with E-state index >= 15 is 0 Å². The molecule has 0 saturated carbocycles. The van der Waals surface area contributed by atoms with Crippen LogP contribution in [0.1, 0.15) is 19.8 Å². The van der Waals surface area contributed by atoms with Crippen LogP contribution in [0.3, 0.4) is 0 Å². The Morgan fingerprint density at radius 1 is 1.36 bits per heavy atom. The molecular weight excluding hydrogens is 176 g/mol. The summed E-state index contributed by atoms with van der Waals surface area (Å²) in [5.41, 5.74) is 11.7. The molecule has 0 saturated heterocycles. The Labute approximate surface area is 84.9 Å². The summed E-state index contributed by atoms with van der Waals surface area (Å²) in [6.07, 6.45) is 2.33. The third kappa shape index (κ3) is 2.52. The van der Waals surface area contributed by atoms with Crippen molar-refractivity contribution in [1.82, 2.24) is 4.98 Å². The molecule has 1 aromatic heterocycles. The van der Waals surface area contributed by atoms with Crippen LogP contribution in [-0.4, -0.2) is 18.6 Å². The van der Waals surface area contributed by atoms with Crippen molar-refractivity contribution in [3.05, 3.63) is 12.1 Å². The second-order valence-electron chi connectivity index (χ2n) is 3.42. The predicted molar refractivity (Wildman–Crippen MR) is 61.2 cm³/mol. The summed E-state index contributed by atoms with van der Waals surface area (Å²) in [5, 5.41) is 0. The van der Waals surface area contributed by atoms with Crippen LogP contribution in [0.2, 0.25) is 0 Å². The summed E-state index contributed by atoms with van der Waals surface area (Å²) in [7, 11) is 2.01. The molecule has 0 amide bonds. The number of hydrogen-bond acceptors (Lipinski definition) is 4. The lowest BCUT2D eigenvalue weighted by molar-refractivity contribution is 0.760. The topological polar surface area (TPSA) is 68.2 Å². The first-order valence-electron chi connectivity index (χ1n) is 4.88. The zero-order valence-corrected chi connectivity index (χ0v) is 8.83. The second-order valence-corrected chi connectivity index (χ2v) is 3.42. The minimum absolute atomic E-state index is 0.408. The highest BCUT2D eigenvalue weighted by atomic mass is 15.2. The maximum atomic E-state index is 5.62. The van der Waals surface area contributed by atoms with E-state index in [0.29, 0.717) is 11.5 Å². The van der Waals surface area contributed by atoms with Gasteiger partial charge in [-0.1, -0.05) is 13.3 Å². The molecule has 4 heteroatoms. The Hall–Kier alpha value is -1.45. The van der Waals surface area contributed by atoms with E-state index < -0.39 is 0 Å². The average molecular weight is 194 g/mol. The number of nitrogens with zero attached hydrogens (tertiary/aromatic N) is 2. The summed E-state index contributed by atoms with van der Waals surface area (Å²) < 4.78 is 0. The van der Waals surface area contributed by atoms with Crippen molar-refractivity contribution >= 4 is 17.3 Å². The third-order valence-corrected chi connectivity index (χ3v) is 2.18. The van der Waals surface area contributed by atoms with Crippen molar-refractivity contribution in [3.63, 3.8) is 0 Å². The van der Waals surface area contributed by atoms with Gasteiger partial charge in [0.1, 0.15) is 11.6 Å². The number of anilines is 3. The van der Waals surface area contributed by atoms with Gasteiger partial charge in [-0.05, 0) is 18.6 Å². The number of aromatic nitrogens is 1. The van der Waals surface area contributed by atoms with Gasteiger partial charge in [-0.3, -0.25) is 0 Å². The van der Waals surface area contributed by atoms with Crippen LogP contribution in [0.5, 0.6) is 0 Å². The third-order valence-electron chi connectivity index (χ3n) is 2.18. The van der Waals surface area contributed by atoms with Gasteiger partial charge in [0.25, 0.3) is 0 Å². The molecular formula is C10H18N4. The number of rotatable bonds is 4. The monoisotopic (exact) mass is 194 g/mol. The van der Waals surface area contributed by atoms with E-state index in [1.807, 2.05) is 13.1 Å². The highest BCUT2D eigenvalue weighted by molar-refractivity contribution is 5.61. The first-order valence-corrected chi connectivity index (χ1v) is 4.88. The summed E-state index contributed by atoms with van der Waals surface area (Å²) in [5.74, 6) is 1.29. The molecule has 0 aliphatic heterocycles. The van der Waals surface area contributed by atoms with Crippen molar-refractivity contribution in [1.29, 1.82) is 0 Å². The van der Waals surface area contributed by atoms with Gasteiger partial charge in [-0.25, -0.2) is 4.98 Å². The largest absolute Gasteiger partial charge is 0.396 e. The molecule has 4 N–H and O–H groups in total. The number of nitrogen functional groups attached to an aromatic ring is 2. The quantitative estimate of drug-likeness (QED) is 0.761. The molecule has 1 heterocycles. The molecule has 0 aliphatic rings. The lowest BCUT2D eigenvalue weighted by Crippen LogP contribution is -2.20. The van der Waals surface area contributed by atoms with Crippen molar-refractivity contribution in [2.24, 2.45) is 0 Å². The van der Waals surface area contributed by atoms with Gasteiger partial charge in [-0.2, -0.15) is 0 Å². The molecule has 0 atom stereocenters. The Balaban J connectivity index is 2.70. The molecule has 0 bridgehead atoms. The normalized spacial score (nSPS) is 10.1. The zero-order valence-electron chi connectivity index (χ0n) is 8.83. The van der Waals surface area contributed by atoms with Crippen LogP contribution in [0.4, 0.5) is 17.3 Å². The van der Waals surface area contributed by atoms with E-state index in [4.69, 9.17) is 11.5 Å². The minimum Gasteiger partial charge on any atom is -0.396 e. The van der Waals surface area contributed by atoms with Gasteiger partial charge in [0.15, 0.2) is 0 Å². The maximum absolute atomic E-state index is 5.62. The van der Waals surface area contributed by atoms with Crippen LogP contribution >= 0.6 is 0 Å². The average Bonchev–Trinajstić information content (AvgIpc) is 2.18. The van der Waals surface area contributed by atoms with Crippen LogP contribution in [0.15, 0.2) is 12.1 Å². The van der Waals surface area contributed by atoms with Crippen LogP contribution < -0.4 is 16.4 Å². The van der Waals surface area contributed by atoms with Gasteiger partial charge in [0, 0.05) is 13.6 Å². The smallest absolute Gasteiger partial charge is 0.149 e. The van der Waals surface area contributed by atoms with E-state index in [1.54, 1.807) is 6.07 Å². The Kier molecular flexibility index (Phi) is 3.56. The lowest BCUT2D eigenvalue weighted by atomic mass is 10.3. The minimum atomic E-state index is 0.408. The van der Waals surface area contributed by atoms with Gasteiger partial charge >= 0.3 is 0 Å². The fraction of sp³-hybridized carbons (Fsp3) is 0.500. The molecule has 0 aromatic carbocycles. The zero-order chi connectivity index (χ0) is 10.6. The molecule has 14 heavy (non-hydrogen) atoms. The van der Waals surface area contributed by atoms with Crippen LogP contribution in [0.25, 0.3) is 0 Å². The van der Waals surface area contributed by atoms with Crippen LogP contribution in [0, 0.1) is 0 Å². The second kappa shape index (κ2) is 4.69. The number of nitrogens with two attached hydrogens (primary N) is 2. The summed E-state index contributed by atoms with van der Waals surface area (Å²) >= 11 is 0. The first-order chi connectivity index (χ1) is 6.65. The Bertz CT molecular complexity index is 298. The van der Waals surface area contributed by atoms with E-state index in [1.165, 1.54) is 6.42 Å². The lowest BCUT2D eigenvalue weighted by Gasteiger charge is -2.18. The number of hydrogen-bond donors (Lipinski definition) is 2. The van der Waals surface area contributed by atoms with E-state index in [0.717, 1.165) is 18.8 Å². The standard InChI is InChI=1S/C10H18N4/c1-3-4-7-14(2)9-6-5-8(11)10(12)13-9/h5-6H,3-4,7,11H2,1-2H3,(H2,12,13). The molecule has 1 aromatic rings. The number of unbranched alkanes of at least 4 members (excludes halogenated alkanes) is 1. The number of pyridine rings is 1. The van der Waals surface area contributed by atoms with E-state index in [2.05, 4.69) is 16.8 Å². The molecule has 0 spiro atoms. The fourth-order valence-corrected chi connectivity index (χ4v) is 1.20. The summed E-state index contributed by atoms with van der Waals surface area (Å²) in [4.78, 5) is 6.29. The first kappa shape index (κ1) is 10.6. The molecule has 1 rings (SSSR count). The van der Waals surface area contributed by atoms with Gasteiger partial charge in [-0.15, -0.1) is 0 Å². The molecule has 78 valence electrons. The Morgan fingerprint density at radius 2 is 2.07 bits per heavy atom. The molecule has 0 aliphatic carbocycles.